The van der Waals surface area contributed by atoms with Gasteiger partial charge < -0.3 is 15.8 Å². The summed E-state index contributed by atoms with van der Waals surface area (Å²) in [5, 5.41) is 6.93. The summed E-state index contributed by atoms with van der Waals surface area (Å²) >= 11 is 0. The third-order valence-electron chi connectivity index (χ3n) is 4.41. The Bertz CT molecular complexity index is 1110. The molecule has 3 aromatic rings. The van der Waals surface area contributed by atoms with E-state index in [1.165, 1.54) is 7.11 Å². The quantitative estimate of drug-likeness (QED) is 0.698. The number of nitrogens with one attached hydrogen (secondary N) is 1. The average molecular weight is 381 g/mol. The molecule has 4 rings (SSSR count). The predicted octanol–water partition coefficient (Wildman–Crippen LogP) is 1.09. The highest BCUT2D eigenvalue weighted by Crippen LogP contribution is 2.28. The van der Waals surface area contributed by atoms with E-state index in [9.17, 15) is 9.18 Å². The molecule has 1 aliphatic rings. The van der Waals surface area contributed by atoms with E-state index in [4.69, 9.17) is 10.5 Å². The molecule has 1 amide bonds. The van der Waals surface area contributed by atoms with Crippen molar-refractivity contribution in [1.82, 2.24) is 24.9 Å². The predicted molar refractivity (Wildman–Crippen MR) is 99.2 cm³/mol. The molecule has 0 spiro atoms. The van der Waals surface area contributed by atoms with E-state index in [2.05, 4.69) is 25.4 Å². The molecule has 1 atom stereocenters. The van der Waals surface area contributed by atoms with Gasteiger partial charge in [0.25, 0.3) is 5.91 Å². The summed E-state index contributed by atoms with van der Waals surface area (Å²) < 4.78 is 19.8. The van der Waals surface area contributed by atoms with Gasteiger partial charge in [-0.05, 0) is 23.8 Å². The molecule has 0 aliphatic carbocycles. The van der Waals surface area contributed by atoms with Crippen molar-refractivity contribution in [3.05, 3.63) is 65.7 Å². The summed E-state index contributed by atoms with van der Waals surface area (Å²) in [6, 6.07) is 3.55. The fraction of sp³-hybridized carbons (Fsp3) is 0.167. The van der Waals surface area contributed by atoms with Crippen LogP contribution in [-0.2, 0) is 10.3 Å². The van der Waals surface area contributed by atoms with E-state index in [-0.39, 0.29) is 23.6 Å². The highest BCUT2D eigenvalue weighted by molar-refractivity contribution is 6.04. The van der Waals surface area contributed by atoms with Crippen LogP contribution < -0.4 is 11.1 Å². The van der Waals surface area contributed by atoms with Crippen molar-refractivity contribution < 1.29 is 13.9 Å². The maximum absolute atomic E-state index is 13.4. The topological polar surface area (TPSA) is 120 Å². The van der Waals surface area contributed by atoms with Gasteiger partial charge >= 0.3 is 0 Å². The number of dihydropyridines is 1. The number of carbonyl (C=O) groups is 1. The zero-order valence-electron chi connectivity index (χ0n) is 14.8. The molecule has 0 bridgehead atoms. The third kappa shape index (κ3) is 2.94. The summed E-state index contributed by atoms with van der Waals surface area (Å²) in [6.07, 6.45) is 8.69. The normalized spacial score (nSPS) is 18.7. The number of ether oxygens (including phenoxy) is 1. The second kappa shape index (κ2) is 6.72. The minimum atomic E-state index is -0.985. The van der Waals surface area contributed by atoms with Crippen LogP contribution in [0.3, 0.4) is 0 Å². The Morgan fingerprint density at radius 2 is 2.18 bits per heavy atom. The van der Waals surface area contributed by atoms with Crippen molar-refractivity contribution in [2.75, 3.05) is 19.4 Å². The molecule has 1 unspecified atom stereocenters. The van der Waals surface area contributed by atoms with Gasteiger partial charge in [-0.2, -0.15) is 0 Å². The first-order valence-electron chi connectivity index (χ1n) is 8.31. The van der Waals surface area contributed by atoms with Crippen LogP contribution in [0.5, 0.6) is 0 Å². The minimum Gasteiger partial charge on any atom is -0.495 e. The maximum Gasteiger partial charge on any atom is 0.259 e. The van der Waals surface area contributed by atoms with Gasteiger partial charge in [0.1, 0.15) is 16.9 Å². The molecule has 0 radical (unpaired) electrons. The summed E-state index contributed by atoms with van der Waals surface area (Å²) in [6.45, 7) is 0.247. The molecular formula is C18H16FN7O2. The number of nitrogen functional groups attached to an aromatic ring is 1. The summed E-state index contributed by atoms with van der Waals surface area (Å²) in [5.74, 6) is -0.677. The van der Waals surface area contributed by atoms with Crippen molar-refractivity contribution in [3.63, 3.8) is 0 Å². The summed E-state index contributed by atoms with van der Waals surface area (Å²) in [5.41, 5.74) is 5.89. The molecule has 4 heterocycles. The van der Waals surface area contributed by atoms with Gasteiger partial charge in [-0.3, -0.25) is 14.8 Å². The van der Waals surface area contributed by atoms with Crippen molar-refractivity contribution in [2.45, 2.75) is 5.54 Å². The van der Waals surface area contributed by atoms with Crippen LogP contribution >= 0.6 is 0 Å². The van der Waals surface area contributed by atoms with Crippen LogP contribution in [0.25, 0.3) is 5.65 Å². The minimum absolute atomic E-state index is 0.0513. The first kappa shape index (κ1) is 17.6. The zero-order chi connectivity index (χ0) is 19.7. The van der Waals surface area contributed by atoms with Gasteiger partial charge in [-0.25, -0.2) is 13.9 Å². The number of anilines is 1. The number of fused-ring (bicyclic) bond motifs is 1. The number of hydrogen-bond acceptors (Lipinski definition) is 7. The van der Waals surface area contributed by atoms with E-state index in [0.29, 0.717) is 5.76 Å². The first-order valence-corrected chi connectivity index (χ1v) is 8.31. The average Bonchev–Trinajstić information content (AvgIpc) is 3.03. The molecule has 10 heteroatoms. The SMILES string of the molecule is COC1=CC(NC(=O)c2c(N)nn3cc(F)cnc23)(c2ccncc2)CN=C1. The highest BCUT2D eigenvalue weighted by atomic mass is 19.1. The Morgan fingerprint density at radius 3 is 2.93 bits per heavy atom. The molecule has 9 nitrogen and oxygen atoms in total. The Hall–Kier alpha value is -3.82. The van der Waals surface area contributed by atoms with E-state index in [1.807, 2.05) is 0 Å². The van der Waals surface area contributed by atoms with Gasteiger partial charge in [0, 0.05) is 12.4 Å². The van der Waals surface area contributed by atoms with Crippen LogP contribution in [0.15, 0.2) is 53.7 Å². The van der Waals surface area contributed by atoms with Gasteiger partial charge in [0.05, 0.1) is 32.3 Å². The van der Waals surface area contributed by atoms with Crippen molar-refractivity contribution in [2.24, 2.45) is 4.99 Å². The monoisotopic (exact) mass is 381 g/mol. The van der Waals surface area contributed by atoms with Crippen LogP contribution in [-0.4, -0.2) is 45.4 Å². The number of rotatable bonds is 4. The fourth-order valence-electron chi connectivity index (χ4n) is 3.10. The maximum atomic E-state index is 13.4. The largest absolute Gasteiger partial charge is 0.495 e. The summed E-state index contributed by atoms with van der Waals surface area (Å²) in [7, 11) is 1.52. The van der Waals surface area contributed by atoms with Crippen LogP contribution in [0, 0.1) is 5.82 Å². The fourth-order valence-corrected chi connectivity index (χ4v) is 3.10. The lowest BCUT2D eigenvalue weighted by Crippen LogP contribution is -2.48. The molecule has 1 aliphatic heterocycles. The molecular weight excluding hydrogens is 365 g/mol. The Balaban J connectivity index is 1.78. The van der Waals surface area contributed by atoms with Crippen LogP contribution in [0.1, 0.15) is 15.9 Å². The smallest absolute Gasteiger partial charge is 0.259 e. The molecule has 0 aromatic carbocycles. The van der Waals surface area contributed by atoms with Crippen molar-refractivity contribution in [3.8, 4) is 0 Å². The van der Waals surface area contributed by atoms with Crippen LogP contribution in [0.2, 0.25) is 0 Å². The lowest BCUT2D eigenvalue weighted by Gasteiger charge is -2.33. The van der Waals surface area contributed by atoms with Crippen molar-refractivity contribution >= 4 is 23.6 Å². The van der Waals surface area contributed by atoms with E-state index >= 15 is 0 Å². The number of aliphatic imine (C=N–C) groups is 1. The number of nitrogens with two attached hydrogens (primary N) is 1. The molecule has 3 N–H and O–H groups in total. The lowest BCUT2D eigenvalue weighted by molar-refractivity contribution is 0.0918. The number of carbonyl (C=O) groups excluding carboxylic acids is 1. The Kier molecular flexibility index (Phi) is 4.22. The molecule has 142 valence electrons. The molecule has 28 heavy (non-hydrogen) atoms. The van der Waals surface area contributed by atoms with E-state index in [0.717, 1.165) is 22.5 Å². The number of hydrogen-bond donors (Lipinski definition) is 2. The molecule has 0 saturated carbocycles. The molecule has 0 fully saturated rings. The number of allylic oxidation sites excluding steroid dienone is 1. The standard InChI is InChI=1S/C18H16FN7O2/c1-28-13-6-18(10-22-8-13,11-2-4-21-5-3-11)24-17(27)14-15(20)25-26-9-12(19)7-23-16(14)26/h2-9H,10H2,1H3,(H2,20,25)(H,24,27). The van der Waals surface area contributed by atoms with Gasteiger partial charge in [0.15, 0.2) is 17.3 Å². The van der Waals surface area contributed by atoms with Crippen LogP contribution in [0.4, 0.5) is 10.2 Å². The van der Waals surface area contributed by atoms with E-state index < -0.39 is 17.3 Å². The second-order valence-electron chi connectivity index (χ2n) is 6.18. The number of methoxy groups -OCH3 is 1. The van der Waals surface area contributed by atoms with Gasteiger partial charge in [-0.15, -0.1) is 5.10 Å². The number of halogens is 1. The zero-order valence-corrected chi connectivity index (χ0v) is 14.8. The van der Waals surface area contributed by atoms with Crippen molar-refractivity contribution in [1.29, 1.82) is 0 Å². The summed E-state index contributed by atoms with van der Waals surface area (Å²) in [4.78, 5) is 25.4. The number of nitrogens with zero attached hydrogens (tertiary/aromatic N) is 5. The third-order valence-corrected chi connectivity index (χ3v) is 4.41. The first-order chi connectivity index (χ1) is 13.5. The Morgan fingerprint density at radius 1 is 1.39 bits per heavy atom. The second-order valence-corrected chi connectivity index (χ2v) is 6.18. The molecule has 3 aromatic heterocycles. The Labute approximate surface area is 158 Å². The van der Waals surface area contributed by atoms with Gasteiger partial charge in [-0.1, -0.05) is 0 Å². The number of aromatic nitrogens is 4. The number of amides is 1. The highest BCUT2D eigenvalue weighted by Gasteiger charge is 2.36. The van der Waals surface area contributed by atoms with Gasteiger partial charge in [0.2, 0.25) is 0 Å². The number of pyridine rings is 1. The van der Waals surface area contributed by atoms with E-state index in [1.54, 1.807) is 36.8 Å². The molecule has 0 saturated heterocycles. The lowest BCUT2D eigenvalue weighted by atomic mass is 9.88.